The van der Waals surface area contributed by atoms with Gasteiger partial charge in [0.25, 0.3) is 11.8 Å². The van der Waals surface area contributed by atoms with Gasteiger partial charge in [0.15, 0.2) is 11.8 Å². The second kappa shape index (κ2) is 6.75. The standard InChI is InChI=1S/C18H16N2O6/c21-14-6-7-15(22)19(14)12-3-1-11(2-4-12)13(5-10-18(25)26)20-16(23)8-9-17(20)24/h1-4,6-9,13,23-24H,5,10H2,(H,25,26). The lowest BCUT2D eigenvalue weighted by atomic mass is 10.0. The van der Waals surface area contributed by atoms with Crippen LogP contribution in [0.3, 0.4) is 0 Å². The van der Waals surface area contributed by atoms with Crippen LogP contribution in [0.1, 0.15) is 24.4 Å². The van der Waals surface area contributed by atoms with E-state index in [1.807, 2.05) is 0 Å². The van der Waals surface area contributed by atoms with Crippen LogP contribution in [0, 0.1) is 0 Å². The zero-order valence-corrected chi connectivity index (χ0v) is 13.6. The van der Waals surface area contributed by atoms with Gasteiger partial charge in [-0.25, -0.2) is 4.90 Å². The van der Waals surface area contributed by atoms with E-state index < -0.39 is 23.8 Å². The molecule has 2 amide bonds. The minimum absolute atomic E-state index is 0.133. The van der Waals surface area contributed by atoms with Crippen molar-refractivity contribution in [3.05, 3.63) is 54.1 Å². The first-order valence-corrected chi connectivity index (χ1v) is 7.85. The van der Waals surface area contributed by atoms with Crippen LogP contribution < -0.4 is 4.90 Å². The summed E-state index contributed by atoms with van der Waals surface area (Å²) in [7, 11) is 0. The molecule has 2 heterocycles. The number of carboxylic acids is 1. The highest BCUT2D eigenvalue weighted by atomic mass is 16.4. The van der Waals surface area contributed by atoms with Crippen LogP contribution in [0.5, 0.6) is 11.8 Å². The summed E-state index contributed by atoms with van der Waals surface area (Å²) < 4.78 is 1.23. The summed E-state index contributed by atoms with van der Waals surface area (Å²) in [6.07, 6.45) is 2.33. The van der Waals surface area contributed by atoms with Crippen LogP contribution in [0.4, 0.5) is 5.69 Å². The number of carbonyl (C=O) groups excluding carboxylic acids is 2. The number of aliphatic carboxylic acids is 1. The summed E-state index contributed by atoms with van der Waals surface area (Å²) in [5.41, 5.74) is 0.996. The summed E-state index contributed by atoms with van der Waals surface area (Å²) in [6, 6.07) is 8.36. The Labute approximate surface area is 148 Å². The van der Waals surface area contributed by atoms with E-state index in [0.29, 0.717) is 11.3 Å². The van der Waals surface area contributed by atoms with Gasteiger partial charge >= 0.3 is 5.97 Å². The van der Waals surface area contributed by atoms with Crippen LogP contribution in [-0.2, 0) is 14.4 Å². The van der Waals surface area contributed by atoms with E-state index in [0.717, 1.165) is 4.90 Å². The Kier molecular flexibility index (Phi) is 4.49. The van der Waals surface area contributed by atoms with E-state index in [1.165, 1.54) is 28.9 Å². The molecule has 3 N–H and O–H groups in total. The van der Waals surface area contributed by atoms with Gasteiger partial charge in [0.1, 0.15) is 0 Å². The first-order valence-electron chi connectivity index (χ1n) is 7.85. The number of aromatic nitrogens is 1. The average molecular weight is 356 g/mol. The van der Waals surface area contributed by atoms with Gasteiger partial charge in [0.2, 0.25) is 0 Å². The largest absolute Gasteiger partial charge is 0.494 e. The molecule has 1 aliphatic heterocycles. The number of imide groups is 1. The van der Waals surface area contributed by atoms with Crippen molar-refractivity contribution in [3.8, 4) is 11.8 Å². The molecule has 0 radical (unpaired) electrons. The molecule has 2 aromatic rings. The zero-order valence-electron chi connectivity index (χ0n) is 13.6. The molecule has 0 fully saturated rings. The summed E-state index contributed by atoms with van der Waals surface area (Å²) in [4.78, 5) is 35.4. The Morgan fingerprint density at radius 1 is 0.923 bits per heavy atom. The van der Waals surface area contributed by atoms with E-state index in [9.17, 15) is 24.6 Å². The number of hydrogen-bond acceptors (Lipinski definition) is 5. The van der Waals surface area contributed by atoms with Gasteiger partial charge in [-0.15, -0.1) is 0 Å². The monoisotopic (exact) mass is 356 g/mol. The van der Waals surface area contributed by atoms with Crippen molar-refractivity contribution in [2.75, 3.05) is 4.90 Å². The lowest BCUT2D eigenvalue weighted by Crippen LogP contribution is -2.29. The van der Waals surface area contributed by atoms with Crippen molar-refractivity contribution in [1.82, 2.24) is 4.57 Å². The zero-order chi connectivity index (χ0) is 18.8. The van der Waals surface area contributed by atoms with Crippen LogP contribution >= 0.6 is 0 Å². The van der Waals surface area contributed by atoms with Gasteiger partial charge in [0, 0.05) is 30.7 Å². The van der Waals surface area contributed by atoms with E-state index >= 15 is 0 Å². The highest BCUT2D eigenvalue weighted by molar-refractivity contribution is 6.28. The molecule has 3 rings (SSSR count). The van der Waals surface area contributed by atoms with E-state index in [-0.39, 0.29) is 24.6 Å². The minimum Gasteiger partial charge on any atom is -0.494 e. The Bertz CT molecular complexity index is 859. The number of carbonyl (C=O) groups is 3. The highest BCUT2D eigenvalue weighted by Crippen LogP contribution is 2.34. The molecule has 1 aromatic carbocycles. The van der Waals surface area contributed by atoms with Crippen LogP contribution in [0.2, 0.25) is 0 Å². The van der Waals surface area contributed by atoms with Crippen molar-refractivity contribution >= 4 is 23.5 Å². The Hall–Kier alpha value is -3.55. The van der Waals surface area contributed by atoms with Crippen molar-refractivity contribution in [2.24, 2.45) is 0 Å². The predicted octanol–water partition coefficient (Wildman–Crippen LogP) is 1.78. The molecule has 1 aromatic heterocycles. The fourth-order valence-corrected chi connectivity index (χ4v) is 2.95. The SMILES string of the molecule is O=C(O)CCC(c1ccc(N2C(=O)C=CC2=O)cc1)n1c(O)ccc1O. The molecule has 0 saturated carbocycles. The maximum absolute atomic E-state index is 11.7. The number of rotatable bonds is 6. The second-order valence-electron chi connectivity index (χ2n) is 5.80. The molecular formula is C18H16N2O6. The Balaban J connectivity index is 1.93. The fraction of sp³-hybridized carbons (Fsp3) is 0.167. The molecule has 1 unspecified atom stereocenters. The molecule has 134 valence electrons. The van der Waals surface area contributed by atoms with Gasteiger partial charge in [-0.2, -0.15) is 0 Å². The number of anilines is 1. The predicted molar refractivity (Wildman–Crippen MR) is 90.8 cm³/mol. The lowest BCUT2D eigenvalue weighted by molar-refractivity contribution is -0.137. The van der Waals surface area contributed by atoms with Crippen LogP contribution in [0.15, 0.2) is 48.6 Å². The van der Waals surface area contributed by atoms with Crippen molar-refractivity contribution in [2.45, 2.75) is 18.9 Å². The first-order chi connectivity index (χ1) is 12.4. The van der Waals surface area contributed by atoms with Gasteiger partial charge in [-0.05, 0) is 24.1 Å². The maximum Gasteiger partial charge on any atom is 0.303 e. The summed E-state index contributed by atoms with van der Waals surface area (Å²) in [5, 5.41) is 28.9. The number of amides is 2. The molecule has 0 aliphatic carbocycles. The molecule has 0 saturated heterocycles. The normalized spacial score (nSPS) is 14.8. The Morgan fingerprint density at radius 2 is 1.46 bits per heavy atom. The quantitative estimate of drug-likeness (QED) is 0.679. The van der Waals surface area contributed by atoms with Crippen molar-refractivity contribution in [1.29, 1.82) is 0 Å². The van der Waals surface area contributed by atoms with E-state index in [2.05, 4.69) is 0 Å². The third kappa shape index (κ3) is 3.16. The van der Waals surface area contributed by atoms with E-state index in [4.69, 9.17) is 5.11 Å². The third-order valence-electron chi connectivity index (χ3n) is 4.16. The van der Waals surface area contributed by atoms with Crippen LogP contribution in [-0.4, -0.2) is 37.7 Å². The lowest BCUT2D eigenvalue weighted by Gasteiger charge is -2.22. The van der Waals surface area contributed by atoms with Crippen LogP contribution in [0.25, 0.3) is 0 Å². The maximum atomic E-state index is 11.7. The van der Waals surface area contributed by atoms with E-state index in [1.54, 1.807) is 24.3 Å². The van der Waals surface area contributed by atoms with Crippen molar-refractivity contribution in [3.63, 3.8) is 0 Å². The molecular weight excluding hydrogens is 340 g/mol. The smallest absolute Gasteiger partial charge is 0.303 e. The van der Waals surface area contributed by atoms with Gasteiger partial charge in [-0.3, -0.25) is 19.0 Å². The average Bonchev–Trinajstić information content (AvgIpc) is 3.11. The number of hydrogen-bond donors (Lipinski definition) is 3. The van der Waals surface area contributed by atoms with Crippen molar-refractivity contribution < 1.29 is 29.7 Å². The second-order valence-corrected chi connectivity index (χ2v) is 5.80. The first kappa shape index (κ1) is 17.3. The fourth-order valence-electron chi connectivity index (χ4n) is 2.95. The molecule has 8 heteroatoms. The van der Waals surface area contributed by atoms with Gasteiger partial charge in [0.05, 0.1) is 11.7 Å². The summed E-state index contributed by atoms with van der Waals surface area (Å²) in [6.45, 7) is 0. The molecule has 0 spiro atoms. The number of benzene rings is 1. The highest BCUT2D eigenvalue weighted by Gasteiger charge is 2.26. The summed E-state index contributed by atoms with van der Waals surface area (Å²) in [5.74, 6) is -2.28. The minimum atomic E-state index is -1.00. The van der Waals surface area contributed by atoms with Gasteiger partial charge in [-0.1, -0.05) is 12.1 Å². The third-order valence-corrected chi connectivity index (χ3v) is 4.16. The van der Waals surface area contributed by atoms with Gasteiger partial charge < -0.3 is 15.3 Å². The number of nitrogens with zero attached hydrogens (tertiary/aromatic N) is 2. The topological polar surface area (TPSA) is 120 Å². The molecule has 0 bridgehead atoms. The molecule has 8 nitrogen and oxygen atoms in total. The molecule has 26 heavy (non-hydrogen) atoms. The number of aromatic hydroxyl groups is 2. The summed E-state index contributed by atoms with van der Waals surface area (Å²) >= 11 is 0. The molecule has 1 aliphatic rings. The number of carboxylic acid groups (broad SMARTS) is 1. The molecule has 1 atom stereocenters. The Morgan fingerprint density at radius 3 is 1.96 bits per heavy atom.